The van der Waals surface area contributed by atoms with E-state index in [2.05, 4.69) is 5.32 Å². The molecule has 0 radical (unpaired) electrons. The van der Waals surface area contributed by atoms with Crippen molar-refractivity contribution in [2.24, 2.45) is 0 Å². The van der Waals surface area contributed by atoms with Crippen molar-refractivity contribution in [1.82, 2.24) is 0 Å². The highest BCUT2D eigenvalue weighted by molar-refractivity contribution is 6.06. The Balaban J connectivity index is 1.40. The number of hydrogen-bond acceptors (Lipinski definition) is 4. The fourth-order valence-corrected chi connectivity index (χ4v) is 3.98. The van der Waals surface area contributed by atoms with Crippen LogP contribution in [-0.4, -0.2) is 24.5 Å². The molecule has 2 heterocycles. The van der Waals surface area contributed by atoms with Gasteiger partial charge < -0.3 is 19.4 Å². The zero-order chi connectivity index (χ0) is 20.7. The number of carbonyl (C=O) groups excluding carboxylic acids is 2. The fraction of sp³-hybridized carbons (Fsp3) is 0.167. The van der Waals surface area contributed by atoms with E-state index in [0.717, 1.165) is 21.9 Å². The van der Waals surface area contributed by atoms with Gasteiger partial charge in [0.2, 0.25) is 5.91 Å². The zero-order valence-electron chi connectivity index (χ0n) is 16.4. The molecule has 0 spiro atoms. The van der Waals surface area contributed by atoms with Crippen molar-refractivity contribution in [2.75, 3.05) is 16.8 Å². The minimum absolute atomic E-state index is 0.108. The van der Waals surface area contributed by atoms with Gasteiger partial charge in [-0.1, -0.05) is 30.3 Å². The van der Waals surface area contributed by atoms with Crippen LogP contribution < -0.4 is 15.0 Å². The number of nitrogens with one attached hydrogen (secondary N) is 1. The maximum atomic E-state index is 13.1. The first-order valence-corrected chi connectivity index (χ1v) is 9.85. The van der Waals surface area contributed by atoms with E-state index in [-0.39, 0.29) is 30.9 Å². The highest BCUT2D eigenvalue weighted by Gasteiger charge is 2.29. The molecule has 0 unspecified atom stereocenters. The highest BCUT2D eigenvalue weighted by atomic mass is 16.5. The van der Waals surface area contributed by atoms with Gasteiger partial charge in [-0.05, 0) is 43.3 Å². The number of hydrogen-bond donors (Lipinski definition) is 1. The Morgan fingerprint density at radius 1 is 1.07 bits per heavy atom. The smallest absolute Gasteiger partial charge is 0.265 e. The molecular formula is C24H20N2O4. The fourth-order valence-electron chi connectivity index (χ4n) is 3.98. The number of benzene rings is 3. The lowest BCUT2D eigenvalue weighted by Gasteiger charge is -2.27. The van der Waals surface area contributed by atoms with E-state index in [4.69, 9.17) is 9.15 Å². The molecule has 5 rings (SSSR count). The topological polar surface area (TPSA) is 71.8 Å². The van der Waals surface area contributed by atoms with E-state index in [1.165, 1.54) is 0 Å². The number of nitrogens with zero attached hydrogens (tertiary/aromatic N) is 1. The van der Waals surface area contributed by atoms with Gasteiger partial charge in [-0.25, -0.2) is 0 Å². The molecule has 6 nitrogen and oxygen atoms in total. The van der Waals surface area contributed by atoms with Gasteiger partial charge in [0.15, 0.2) is 6.61 Å². The maximum absolute atomic E-state index is 13.1. The van der Waals surface area contributed by atoms with Crippen molar-refractivity contribution in [3.63, 3.8) is 0 Å². The minimum Gasteiger partial charge on any atom is -0.484 e. The van der Waals surface area contributed by atoms with Crippen LogP contribution in [0.25, 0.3) is 21.9 Å². The summed E-state index contributed by atoms with van der Waals surface area (Å²) in [6.07, 6.45) is 0.230. The molecule has 1 atom stereocenters. The van der Waals surface area contributed by atoms with Crippen molar-refractivity contribution in [1.29, 1.82) is 0 Å². The van der Waals surface area contributed by atoms with Gasteiger partial charge in [0.05, 0.1) is 11.4 Å². The number of anilines is 2. The van der Waals surface area contributed by atoms with Crippen LogP contribution in [0, 0.1) is 0 Å². The van der Waals surface area contributed by atoms with Crippen LogP contribution in [0.3, 0.4) is 0 Å². The number of carbonyl (C=O) groups is 2. The minimum atomic E-state index is -0.273. The predicted octanol–water partition coefficient (Wildman–Crippen LogP) is 4.73. The van der Waals surface area contributed by atoms with Crippen LogP contribution in [0.15, 0.2) is 71.1 Å². The highest BCUT2D eigenvalue weighted by Crippen LogP contribution is 2.33. The van der Waals surface area contributed by atoms with Crippen LogP contribution in [0.1, 0.15) is 13.3 Å². The van der Waals surface area contributed by atoms with Crippen LogP contribution in [-0.2, 0) is 9.59 Å². The van der Waals surface area contributed by atoms with E-state index in [1.54, 1.807) is 17.0 Å². The lowest BCUT2D eigenvalue weighted by Crippen LogP contribution is -2.41. The lowest BCUT2D eigenvalue weighted by atomic mass is 10.1. The van der Waals surface area contributed by atoms with Crippen molar-refractivity contribution in [2.45, 2.75) is 19.4 Å². The van der Waals surface area contributed by atoms with Gasteiger partial charge in [0.1, 0.15) is 16.9 Å². The molecule has 0 saturated carbocycles. The second-order valence-electron chi connectivity index (χ2n) is 7.43. The average Bonchev–Trinajstić information content (AvgIpc) is 3.05. The second-order valence-corrected chi connectivity index (χ2v) is 7.43. The Morgan fingerprint density at radius 2 is 1.83 bits per heavy atom. The van der Waals surface area contributed by atoms with E-state index in [0.29, 0.717) is 17.1 Å². The molecule has 0 aliphatic carbocycles. The summed E-state index contributed by atoms with van der Waals surface area (Å²) < 4.78 is 11.7. The molecule has 30 heavy (non-hydrogen) atoms. The summed E-state index contributed by atoms with van der Waals surface area (Å²) in [5.41, 5.74) is 2.90. The van der Waals surface area contributed by atoms with Crippen LogP contribution in [0.2, 0.25) is 0 Å². The van der Waals surface area contributed by atoms with Gasteiger partial charge >= 0.3 is 0 Å². The molecule has 0 saturated heterocycles. The Morgan fingerprint density at radius 3 is 2.73 bits per heavy atom. The van der Waals surface area contributed by atoms with E-state index >= 15 is 0 Å². The quantitative estimate of drug-likeness (QED) is 0.540. The maximum Gasteiger partial charge on any atom is 0.265 e. The van der Waals surface area contributed by atoms with Crippen LogP contribution in [0.4, 0.5) is 11.4 Å². The lowest BCUT2D eigenvalue weighted by molar-refractivity contribution is -0.121. The number of para-hydroxylation sites is 3. The molecule has 1 aliphatic heterocycles. The average molecular weight is 400 g/mol. The third-order valence-corrected chi connectivity index (χ3v) is 5.34. The van der Waals surface area contributed by atoms with Gasteiger partial charge in [0.25, 0.3) is 5.91 Å². The molecule has 0 bridgehead atoms. The Bertz CT molecular complexity index is 1280. The number of ether oxygens (including phenoxy) is 1. The molecule has 3 aromatic carbocycles. The van der Waals surface area contributed by atoms with Crippen molar-refractivity contribution >= 4 is 45.1 Å². The molecule has 2 amide bonds. The van der Waals surface area contributed by atoms with Crippen molar-refractivity contribution in [3.05, 3.63) is 66.7 Å². The predicted molar refractivity (Wildman–Crippen MR) is 116 cm³/mol. The first-order chi connectivity index (χ1) is 14.6. The normalized spacial score (nSPS) is 16.2. The summed E-state index contributed by atoms with van der Waals surface area (Å²) in [4.78, 5) is 26.8. The van der Waals surface area contributed by atoms with Gasteiger partial charge in [-0.3, -0.25) is 9.59 Å². The van der Waals surface area contributed by atoms with Crippen LogP contribution >= 0.6 is 0 Å². The largest absolute Gasteiger partial charge is 0.484 e. The first-order valence-electron chi connectivity index (χ1n) is 9.85. The van der Waals surface area contributed by atoms with E-state index < -0.39 is 0 Å². The SMILES string of the molecule is C[C@H]1CC(=O)Nc2ccccc2N1C(=O)COc1ccc2oc3ccccc3c2c1. The first kappa shape index (κ1) is 18.2. The summed E-state index contributed by atoms with van der Waals surface area (Å²) >= 11 is 0. The van der Waals surface area contributed by atoms with Gasteiger partial charge in [-0.2, -0.15) is 0 Å². The van der Waals surface area contributed by atoms with Gasteiger partial charge in [-0.15, -0.1) is 0 Å². The van der Waals surface area contributed by atoms with E-state index in [9.17, 15) is 9.59 Å². The molecule has 6 heteroatoms. The number of furan rings is 1. The molecular weight excluding hydrogens is 380 g/mol. The summed E-state index contributed by atoms with van der Waals surface area (Å²) in [5, 5.41) is 4.81. The second kappa shape index (κ2) is 7.22. The van der Waals surface area contributed by atoms with E-state index in [1.807, 2.05) is 61.5 Å². The van der Waals surface area contributed by atoms with Gasteiger partial charge in [0, 0.05) is 23.2 Å². The molecule has 4 aromatic rings. The zero-order valence-corrected chi connectivity index (χ0v) is 16.4. The molecule has 1 aliphatic rings. The molecule has 1 N–H and O–H groups in total. The third kappa shape index (κ3) is 3.16. The molecule has 0 fully saturated rings. The summed E-state index contributed by atoms with van der Waals surface area (Å²) in [6.45, 7) is 1.73. The van der Waals surface area contributed by atoms with Crippen molar-refractivity contribution in [3.8, 4) is 5.75 Å². The number of amides is 2. The summed E-state index contributed by atoms with van der Waals surface area (Å²) in [5.74, 6) is 0.277. The Kier molecular flexibility index (Phi) is 4.39. The van der Waals surface area contributed by atoms with Crippen LogP contribution in [0.5, 0.6) is 5.75 Å². The standard InChI is InChI=1S/C24H20N2O4/c1-15-12-23(27)25-19-7-3-4-8-20(19)26(15)24(28)14-29-16-10-11-22-18(13-16)17-6-2-5-9-21(17)30-22/h2-11,13,15H,12,14H2,1H3,(H,25,27)/t15-/m0/s1. The summed E-state index contributed by atoms with van der Waals surface area (Å²) in [7, 11) is 0. The van der Waals surface area contributed by atoms with Crippen molar-refractivity contribution < 1.29 is 18.7 Å². The molecule has 150 valence electrons. The summed E-state index contributed by atoms with van der Waals surface area (Å²) in [6, 6.07) is 20.4. The third-order valence-electron chi connectivity index (χ3n) is 5.34. The Hall–Kier alpha value is -3.80. The number of fused-ring (bicyclic) bond motifs is 4. The monoisotopic (exact) mass is 400 g/mol. The molecule has 1 aromatic heterocycles. The Labute approximate surface area is 173 Å². The number of rotatable bonds is 3.